The van der Waals surface area contributed by atoms with E-state index in [0.717, 1.165) is 10.9 Å². The molecule has 2 aromatic carbocycles. The lowest BCUT2D eigenvalue weighted by atomic mass is 10.2. The van der Waals surface area contributed by atoms with Crippen molar-refractivity contribution in [2.75, 3.05) is 7.11 Å². The highest BCUT2D eigenvalue weighted by Gasteiger charge is 2.07. The summed E-state index contributed by atoms with van der Waals surface area (Å²) < 4.78 is 10.5. The molecule has 110 valence electrons. The maximum atomic E-state index is 11.4. The first-order valence-electron chi connectivity index (χ1n) is 6.58. The lowest BCUT2D eigenvalue weighted by Crippen LogP contribution is -2.00. The average molecular weight is 314 g/mol. The molecule has 0 bridgehead atoms. The van der Waals surface area contributed by atoms with E-state index in [0.29, 0.717) is 22.1 Å². The molecule has 3 rings (SSSR count). The minimum atomic E-state index is -0.379. The van der Waals surface area contributed by atoms with Gasteiger partial charge in [-0.25, -0.2) is 4.79 Å². The molecule has 0 spiro atoms. The normalized spacial score (nSPS) is 10.5. The van der Waals surface area contributed by atoms with Crippen LogP contribution in [0.2, 0.25) is 5.02 Å². The van der Waals surface area contributed by atoms with Crippen LogP contribution in [0.25, 0.3) is 10.9 Å². The van der Waals surface area contributed by atoms with Crippen LogP contribution in [0, 0.1) is 0 Å². The van der Waals surface area contributed by atoms with Gasteiger partial charge in [-0.15, -0.1) is 0 Å². The summed E-state index contributed by atoms with van der Waals surface area (Å²) in [5, 5.41) is 1.49. The molecule has 0 atom stereocenters. The third kappa shape index (κ3) is 2.87. The zero-order valence-corrected chi connectivity index (χ0v) is 12.5. The largest absolute Gasteiger partial charge is 0.465 e. The van der Waals surface area contributed by atoms with E-state index in [9.17, 15) is 4.79 Å². The molecule has 0 aliphatic carbocycles. The van der Waals surface area contributed by atoms with Crippen molar-refractivity contribution in [1.29, 1.82) is 0 Å². The van der Waals surface area contributed by atoms with Crippen LogP contribution >= 0.6 is 11.6 Å². The Labute approximate surface area is 132 Å². The first kappa shape index (κ1) is 14.4. The topological polar surface area (TPSA) is 48.4 Å². The number of carbonyl (C=O) groups is 1. The van der Waals surface area contributed by atoms with E-state index in [1.165, 1.54) is 7.11 Å². The monoisotopic (exact) mass is 313 g/mol. The number of halogens is 1. The van der Waals surface area contributed by atoms with Gasteiger partial charge in [0.15, 0.2) is 0 Å². The molecule has 0 N–H and O–H groups in total. The van der Waals surface area contributed by atoms with Gasteiger partial charge in [-0.05, 0) is 48.5 Å². The molecule has 22 heavy (non-hydrogen) atoms. The maximum absolute atomic E-state index is 11.4. The number of fused-ring (bicyclic) bond motifs is 1. The van der Waals surface area contributed by atoms with Gasteiger partial charge in [-0.3, -0.25) is 4.98 Å². The highest BCUT2D eigenvalue weighted by atomic mass is 35.5. The average Bonchev–Trinajstić information content (AvgIpc) is 2.55. The van der Waals surface area contributed by atoms with E-state index in [1.54, 1.807) is 48.7 Å². The highest BCUT2D eigenvalue weighted by molar-refractivity contribution is 6.31. The van der Waals surface area contributed by atoms with Crippen molar-refractivity contribution in [2.45, 2.75) is 0 Å². The Morgan fingerprint density at radius 1 is 1.09 bits per heavy atom. The summed E-state index contributed by atoms with van der Waals surface area (Å²) >= 11 is 5.97. The summed E-state index contributed by atoms with van der Waals surface area (Å²) in [6, 6.07) is 14.0. The third-order valence-corrected chi connectivity index (χ3v) is 3.40. The Hall–Kier alpha value is -2.59. The molecule has 5 heteroatoms. The Bertz CT molecular complexity index is 831. The fourth-order valence-electron chi connectivity index (χ4n) is 2.09. The van der Waals surface area contributed by atoms with Gasteiger partial charge in [0.05, 0.1) is 18.2 Å². The summed E-state index contributed by atoms with van der Waals surface area (Å²) in [6.45, 7) is 0. The molecule has 0 saturated carbocycles. The van der Waals surface area contributed by atoms with Crippen molar-refractivity contribution < 1.29 is 14.3 Å². The standard InChI is InChI=1S/C17H12ClNO3/c1-21-17(20)11-2-5-13(6-3-11)22-16-8-9-19-15-10-12(18)4-7-14(15)16/h2-10H,1H3. The molecule has 0 saturated heterocycles. The predicted octanol–water partition coefficient (Wildman–Crippen LogP) is 4.47. The molecule has 3 aromatic rings. The molecule has 0 fully saturated rings. The first-order valence-corrected chi connectivity index (χ1v) is 6.95. The number of carbonyl (C=O) groups excluding carboxylic acids is 1. The minimum absolute atomic E-state index is 0.379. The van der Waals surface area contributed by atoms with Crippen LogP contribution in [-0.4, -0.2) is 18.1 Å². The molecule has 0 aliphatic heterocycles. The fraction of sp³-hybridized carbons (Fsp3) is 0.0588. The van der Waals surface area contributed by atoms with Crippen LogP contribution < -0.4 is 4.74 Å². The van der Waals surface area contributed by atoms with Gasteiger partial charge >= 0.3 is 5.97 Å². The Morgan fingerprint density at radius 2 is 1.86 bits per heavy atom. The van der Waals surface area contributed by atoms with E-state index in [-0.39, 0.29) is 5.97 Å². The van der Waals surface area contributed by atoms with Gasteiger partial charge in [-0.1, -0.05) is 11.6 Å². The van der Waals surface area contributed by atoms with Gasteiger partial charge in [-0.2, -0.15) is 0 Å². The van der Waals surface area contributed by atoms with E-state index in [2.05, 4.69) is 9.72 Å². The second-order valence-corrected chi connectivity index (χ2v) is 5.03. The second kappa shape index (κ2) is 6.03. The van der Waals surface area contributed by atoms with Crippen LogP contribution in [0.3, 0.4) is 0 Å². The Kier molecular flexibility index (Phi) is 3.94. The van der Waals surface area contributed by atoms with Crippen molar-refractivity contribution in [3.63, 3.8) is 0 Å². The van der Waals surface area contributed by atoms with Crippen molar-refractivity contribution in [3.8, 4) is 11.5 Å². The van der Waals surface area contributed by atoms with E-state index >= 15 is 0 Å². The van der Waals surface area contributed by atoms with E-state index < -0.39 is 0 Å². The summed E-state index contributed by atoms with van der Waals surface area (Å²) in [4.78, 5) is 15.7. The van der Waals surface area contributed by atoms with E-state index in [1.807, 2.05) is 6.07 Å². The predicted molar refractivity (Wildman–Crippen MR) is 84.6 cm³/mol. The van der Waals surface area contributed by atoms with Crippen LogP contribution in [0.5, 0.6) is 11.5 Å². The van der Waals surface area contributed by atoms with Crippen LogP contribution in [0.15, 0.2) is 54.7 Å². The SMILES string of the molecule is COC(=O)c1ccc(Oc2ccnc3cc(Cl)ccc23)cc1. The Morgan fingerprint density at radius 3 is 2.59 bits per heavy atom. The van der Waals surface area contributed by atoms with E-state index in [4.69, 9.17) is 16.3 Å². The lowest BCUT2D eigenvalue weighted by molar-refractivity contribution is 0.0600. The molecule has 4 nitrogen and oxygen atoms in total. The molecule has 1 heterocycles. The van der Waals surface area contributed by atoms with Gasteiger partial charge in [0.1, 0.15) is 11.5 Å². The van der Waals surface area contributed by atoms with Gasteiger partial charge in [0.2, 0.25) is 0 Å². The van der Waals surface area contributed by atoms with Crippen LogP contribution in [-0.2, 0) is 4.74 Å². The van der Waals surface area contributed by atoms with Gasteiger partial charge in [0.25, 0.3) is 0 Å². The van der Waals surface area contributed by atoms with Crippen LogP contribution in [0.1, 0.15) is 10.4 Å². The van der Waals surface area contributed by atoms with Crippen LogP contribution in [0.4, 0.5) is 0 Å². The first-order chi connectivity index (χ1) is 10.7. The number of hydrogen-bond acceptors (Lipinski definition) is 4. The fourth-order valence-corrected chi connectivity index (χ4v) is 2.25. The maximum Gasteiger partial charge on any atom is 0.337 e. The number of aromatic nitrogens is 1. The number of rotatable bonds is 3. The van der Waals surface area contributed by atoms with Gasteiger partial charge in [0, 0.05) is 16.6 Å². The lowest BCUT2D eigenvalue weighted by Gasteiger charge is -2.09. The van der Waals surface area contributed by atoms with Crippen molar-refractivity contribution in [3.05, 3.63) is 65.3 Å². The Balaban J connectivity index is 1.91. The smallest absolute Gasteiger partial charge is 0.337 e. The zero-order valence-electron chi connectivity index (χ0n) is 11.7. The quantitative estimate of drug-likeness (QED) is 0.669. The molecule has 0 unspecified atom stereocenters. The number of benzene rings is 2. The third-order valence-electron chi connectivity index (χ3n) is 3.17. The minimum Gasteiger partial charge on any atom is -0.465 e. The second-order valence-electron chi connectivity index (χ2n) is 4.59. The highest BCUT2D eigenvalue weighted by Crippen LogP contribution is 2.30. The van der Waals surface area contributed by atoms with Crippen molar-refractivity contribution >= 4 is 28.5 Å². The van der Waals surface area contributed by atoms with Gasteiger partial charge < -0.3 is 9.47 Å². The summed E-state index contributed by atoms with van der Waals surface area (Å²) in [7, 11) is 1.35. The summed E-state index contributed by atoms with van der Waals surface area (Å²) in [5.74, 6) is 0.915. The number of esters is 1. The molecular weight excluding hydrogens is 302 g/mol. The van der Waals surface area contributed by atoms with Crippen molar-refractivity contribution in [2.24, 2.45) is 0 Å². The molecule has 0 amide bonds. The molecule has 1 aromatic heterocycles. The number of ether oxygens (including phenoxy) is 2. The summed E-state index contributed by atoms with van der Waals surface area (Å²) in [5.41, 5.74) is 1.23. The molecular formula is C17H12ClNO3. The zero-order chi connectivity index (χ0) is 15.5. The number of nitrogens with zero attached hydrogens (tertiary/aromatic N) is 1. The summed E-state index contributed by atoms with van der Waals surface area (Å²) in [6.07, 6.45) is 1.66. The number of pyridine rings is 1. The molecule has 0 aliphatic rings. The number of hydrogen-bond donors (Lipinski definition) is 0. The number of methoxy groups -OCH3 is 1. The molecule has 0 radical (unpaired) electrons. The van der Waals surface area contributed by atoms with Crippen molar-refractivity contribution in [1.82, 2.24) is 4.98 Å².